The number of fused-ring (bicyclic) bond motifs is 1. The molecule has 2 aromatic carbocycles. The van der Waals surface area contributed by atoms with Gasteiger partial charge in [-0.05, 0) is 58.8 Å². The largest absolute Gasteiger partial charge is 0.467 e. The van der Waals surface area contributed by atoms with Gasteiger partial charge in [0.15, 0.2) is 0 Å². The molecule has 0 fully saturated rings. The molecule has 142 valence electrons. The number of primary amides is 1. The van der Waals surface area contributed by atoms with E-state index in [4.69, 9.17) is 33.7 Å². The molecule has 2 aromatic rings. The summed E-state index contributed by atoms with van der Waals surface area (Å²) in [4.78, 5) is 24.0. The third kappa shape index (κ3) is 4.09. The van der Waals surface area contributed by atoms with Gasteiger partial charge in [0, 0.05) is 25.1 Å². The first-order valence-electron chi connectivity index (χ1n) is 7.99. The molecule has 0 saturated carbocycles. The van der Waals surface area contributed by atoms with Crippen LogP contribution in [0, 0.1) is 3.57 Å². The van der Waals surface area contributed by atoms with Gasteiger partial charge in [-0.15, -0.1) is 0 Å². The molecular weight excluding hydrogens is 504 g/mol. The molecule has 0 aromatic heterocycles. The Morgan fingerprint density at radius 3 is 2.52 bits per heavy atom. The third-order valence-electron chi connectivity index (χ3n) is 4.43. The number of esters is 1. The number of amides is 2. The first-order chi connectivity index (χ1) is 12.8. The molecule has 3 N–H and O–H groups in total. The number of benzene rings is 2. The van der Waals surface area contributed by atoms with E-state index in [1.165, 1.54) is 12.1 Å². The van der Waals surface area contributed by atoms with Gasteiger partial charge in [0.25, 0.3) is 0 Å². The molecule has 9 heteroatoms. The predicted molar refractivity (Wildman–Crippen MR) is 113 cm³/mol. The zero-order valence-electron chi connectivity index (χ0n) is 14.2. The maximum absolute atomic E-state index is 12.4. The first kappa shape index (κ1) is 20.0. The lowest BCUT2D eigenvalue weighted by Gasteiger charge is -2.40. The van der Waals surface area contributed by atoms with Crippen molar-refractivity contribution in [1.82, 2.24) is 5.43 Å². The number of carbonyl (C=O) groups excluding carboxylic acids is 2. The molecule has 0 radical (unpaired) electrons. The number of halogens is 3. The van der Waals surface area contributed by atoms with Crippen LogP contribution in [0.15, 0.2) is 36.4 Å². The molecule has 1 aliphatic rings. The van der Waals surface area contributed by atoms with E-state index in [0.717, 1.165) is 14.7 Å². The van der Waals surface area contributed by atoms with Gasteiger partial charge in [-0.25, -0.2) is 15.0 Å². The van der Waals surface area contributed by atoms with Gasteiger partial charge in [-0.1, -0.05) is 35.3 Å². The molecule has 1 heterocycles. The SMILES string of the molecule is COC(=O)C1CC(c2ccc(I)cc2)c2c(Cl)cc(Cl)cc2N1NC(N)=O. The lowest BCUT2D eigenvalue weighted by Crippen LogP contribution is -2.56. The van der Waals surface area contributed by atoms with Crippen LogP contribution in [0.5, 0.6) is 0 Å². The van der Waals surface area contributed by atoms with Crippen molar-refractivity contribution in [2.45, 2.75) is 18.4 Å². The minimum atomic E-state index is -0.807. The molecular formula is C18H16Cl2IN3O3. The van der Waals surface area contributed by atoms with E-state index in [0.29, 0.717) is 22.2 Å². The fourth-order valence-corrected chi connectivity index (χ4v) is 4.30. The number of anilines is 1. The summed E-state index contributed by atoms with van der Waals surface area (Å²) in [7, 11) is 1.30. The smallest absolute Gasteiger partial charge is 0.331 e. The van der Waals surface area contributed by atoms with Crippen molar-refractivity contribution in [2.75, 3.05) is 12.1 Å². The van der Waals surface area contributed by atoms with E-state index in [9.17, 15) is 9.59 Å². The normalized spacial score (nSPS) is 18.6. The highest BCUT2D eigenvalue weighted by Gasteiger charge is 2.40. The van der Waals surface area contributed by atoms with Crippen LogP contribution in [-0.2, 0) is 9.53 Å². The average molecular weight is 520 g/mol. The highest BCUT2D eigenvalue weighted by Crippen LogP contribution is 2.46. The highest BCUT2D eigenvalue weighted by molar-refractivity contribution is 14.1. The summed E-state index contributed by atoms with van der Waals surface area (Å²) in [6, 6.07) is 9.66. The monoisotopic (exact) mass is 519 g/mol. The molecule has 0 aliphatic carbocycles. The number of hydrogen-bond acceptors (Lipinski definition) is 4. The Morgan fingerprint density at radius 2 is 1.93 bits per heavy atom. The Bertz CT molecular complexity index is 892. The van der Waals surface area contributed by atoms with Crippen LogP contribution in [0.25, 0.3) is 0 Å². The van der Waals surface area contributed by atoms with Crippen LogP contribution in [0.4, 0.5) is 10.5 Å². The second-order valence-electron chi connectivity index (χ2n) is 6.05. The van der Waals surface area contributed by atoms with Crippen molar-refractivity contribution in [2.24, 2.45) is 5.73 Å². The lowest BCUT2D eigenvalue weighted by atomic mass is 9.81. The van der Waals surface area contributed by atoms with Gasteiger partial charge >= 0.3 is 12.0 Å². The van der Waals surface area contributed by atoms with Crippen molar-refractivity contribution in [3.8, 4) is 0 Å². The Kier molecular flexibility index (Phi) is 6.02. The average Bonchev–Trinajstić information content (AvgIpc) is 2.61. The molecule has 2 amide bonds. The lowest BCUT2D eigenvalue weighted by molar-refractivity contribution is -0.142. The van der Waals surface area contributed by atoms with E-state index < -0.39 is 18.0 Å². The van der Waals surface area contributed by atoms with Crippen molar-refractivity contribution in [3.63, 3.8) is 0 Å². The Morgan fingerprint density at radius 1 is 1.26 bits per heavy atom. The topological polar surface area (TPSA) is 84.7 Å². The van der Waals surface area contributed by atoms with Crippen molar-refractivity contribution in [1.29, 1.82) is 0 Å². The summed E-state index contributed by atoms with van der Waals surface area (Å²) in [5.74, 6) is -0.683. The second kappa shape index (κ2) is 8.12. The zero-order chi connectivity index (χ0) is 19.7. The Labute approximate surface area is 180 Å². The molecule has 1 aliphatic heterocycles. The second-order valence-corrected chi connectivity index (χ2v) is 8.13. The van der Waals surface area contributed by atoms with Gasteiger partial charge in [0.1, 0.15) is 6.04 Å². The summed E-state index contributed by atoms with van der Waals surface area (Å²) in [6.45, 7) is 0. The van der Waals surface area contributed by atoms with Crippen molar-refractivity contribution in [3.05, 3.63) is 61.1 Å². The molecule has 2 atom stereocenters. The van der Waals surface area contributed by atoms with Gasteiger partial charge in [-0.2, -0.15) is 0 Å². The molecule has 2 unspecified atom stereocenters. The number of carbonyl (C=O) groups is 2. The van der Waals surface area contributed by atoms with Crippen LogP contribution >= 0.6 is 45.8 Å². The predicted octanol–water partition coefficient (Wildman–Crippen LogP) is 4.06. The summed E-state index contributed by atoms with van der Waals surface area (Å²) in [6.07, 6.45) is 0.349. The first-order valence-corrected chi connectivity index (χ1v) is 9.82. The van der Waals surface area contributed by atoms with E-state index >= 15 is 0 Å². The number of hydrazine groups is 1. The minimum Gasteiger partial charge on any atom is -0.467 e. The fraction of sp³-hybridized carbons (Fsp3) is 0.222. The summed E-state index contributed by atoms with van der Waals surface area (Å²) >= 11 is 14.9. The molecule has 0 spiro atoms. The van der Waals surface area contributed by atoms with Crippen LogP contribution in [0.1, 0.15) is 23.5 Å². The van der Waals surface area contributed by atoms with Gasteiger partial charge < -0.3 is 10.5 Å². The van der Waals surface area contributed by atoms with Crippen molar-refractivity contribution < 1.29 is 14.3 Å². The summed E-state index contributed by atoms with van der Waals surface area (Å²) < 4.78 is 6.03. The van der Waals surface area contributed by atoms with E-state index in [1.54, 1.807) is 12.1 Å². The van der Waals surface area contributed by atoms with Gasteiger partial charge in [-0.3, -0.25) is 5.01 Å². The third-order valence-corrected chi connectivity index (χ3v) is 5.68. The van der Waals surface area contributed by atoms with E-state index in [1.807, 2.05) is 24.3 Å². The minimum absolute atomic E-state index is 0.184. The van der Waals surface area contributed by atoms with Gasteiger partial charge in [0.2, 0.25) is 0 Å². The number of methoxy groups -OCH3 is 1. The van der Waals surface area contributed by atoms with E-state index in [-0.39, 0.29) is 5.92 Å². The van der Waals surface area contributed by atoms with Crippen molar-refractivity contribution >= 4 is 63.5 Å². The Balaban J connectivity index is 2.20. The van der Waals surface area contributed by atoms with Crippen LogP contribution in [-0.4, -0.2) is 25.2 Å². The highest BCUT2D eigenvalue weighted by atomic mass is 127. The molecule has 6 nitrogen and oxygen atoms in total. The summed E-state index contributed by atoms with van der Waals surface area (Å²) in [5, 5.41) is 2.20. The van der Waals surface area contributed by atoms with E-state index in [2.05, 4.69) is 28.0 Å². The maximum Gasteiger partial charge on any atom is 0.331 e. The molecule has 3 rings (SSSR count). The number of hydrogen-bond donors (Lipinski definition) is 2. The van der Waals surface area contributed by atoms with Crippen LogP contribution < -0.4 is 16.2 Å². The van der Waals surface area contributed by atoms with Gasteiger partial charge in [0.05, 0.1) is 12.8 Å². The quantitative estimate of drug-likeness (QED) is 0.473. The molecule has 0 saturated heterocycles. The Hall–Kier alpha value is -1.71. The molecule has 0 bridgehead atoms. The number of urea groups is 1. The summed E-state index contributed by atoms with van der Waals surface area (Å²) in [5.41, 5.74) is 10.1. The number of nitrogens with two attached hydrogens (primary N) is 1. The molecule has 27 heavy (non-hydrogen) atoms. The van der Waals surface area contributed by atoms with Crippen LogP contribution in [0.2, 0.25) is 10.0 Å². The zero-order valence-corrected chi connectivity index (χ0v) is 17.9. The number of nitrogens with one attached hydrogen (secondary N) is 1. The number of ether oxygens (including phenoxy) is 1. The number of rotatable bonds is 3. The van der Waals surface area contributed by atoms with Crippen LogP contribution in [0.3, 0.4) is 0 Å². The number of nitrogens with zero attached hydrogens (tertiary/aromatic N) is 1. The maximum atomic E-state index is 12.4. The standard InChI is InChI=1S/C18H16Cl2IN3O3/c1-27-17(25)15-8-12(9-2-4-11(21)5-3-9)16-13(20)6-10(19)7-14(16)24(15)23-18(22)26/h2-7,12,15H,8H2,1H3,(H3,22,23,26). The fourth-order valence-electron chi connectivity index (χ4n) is 3.32.